The van der Waals surface area contributed by atoms with Gasteiger partial charge in [0.2, 0.25) is 0 Å². The number of hydrogen-bond donors (Lipinski definition) is 0. The first-order chi connectivity index (χ1) is 10.9. The summed E-state index contributed by atoms with van der Waals surface area (Å²) >= 11 is 6.26. The molecule has 0 bridgehead atoms. The van der Waals surface area contributed by atoms with Gasteiger partial charge in [0.05, 0.1) is 10.7 Å². The third kappa shape index (κ3) is 3.43. The fraction of sp³-hybridized carbons (Fsp3) is 0.200. The zero-order valence-corrected chi connectivity index (χ0v) is 14.2. The van der Waals surface area contributed by atoms with Crippen LogP contribution in [-0.4, -0.2) is 9.97 Å². The van der Waals surface area contributed by atoms with Crippen LogP contribution in [0.4, 0.5) is 0 Å². The van der Waals surface area contributed by atoms with E-state index in [4.69, 9.17) is 11.6 Å². The fourth-order valence-corrected chi connectivity index (χ4v) is 2.62. The van der Waals surface area contributed by atoms with E-state index in [9.17, 15) is 0 Å². The smallest absolute Gasteiger partial charge is 0.0723 e. The van der Waals surface area contributed by atoms with E-state index in [0.29, 0.717) is 5.02 Å². The number of benzene rings is 1. The van der Waals surface area contributed by atoms with E-state index < -0.39 is 0 Å². The predicted octanol–water partition coefficient (Wildman–Crippen LogP) is 5.56. The van der Waals surface area contributed by atoms with Crippen molar-refractivity contribution in [2.45, 2.75) is 26.2 Å². The van der Waals surface area contributed by atoms with Crippen LogP contribution in [0.5, 0.6) is 0 Å². The van der Waals surface area contributed by atoms with Crippen LogP contribution in [0, 0.1) is 6.07 Å². The van der Waals surface area contributed by atoms with Crippen molar-refractivity contribution in [1.82, 2.24) is 9.97 Å². The van der Waals surface area contributed by atoms with Crippen LogP contribution < -0.4 is 0 Å². The van der Waals surface area contributed by atoms with Gasteiger partial charge in [0, 0.05) is 29.1 Å². The Bertz CT molecular complexity index is 835. The molecule has 0 saturated carbocycles. The molecule has 0 saturated heterocycles. The van der Waals surface area contributed by atoms with Crippen LogP contribution >= 0.6 is 11.6 Å². The van der Waals surface area contributed by atoms with E-state index in [0.717, 1.165) is 28.1 Å². The van der Waals surface area contributed by atoms with Crippen LogP contribution in [-0.2, 0) is 5.41 Å². The fourth-order valence-electron chi connectivity index (χ4n) is 2.40. The Labute approximate surface area is 142 Å². The molecule has 3 aromatic rings. The van der Waals surface area contributed by atoms with Crippen molar-refractivity contribution in [2.24, 2.45) is 0 Å². The normalized spacial score (nSPS) is 11.5. The molecule has 0 amide bonds. The Morgan fingerprint density at radius 3 is 2.35 bits per heavy atom. The molecule has 0 spiro atoms. The van der Waals surface area contributed by atoms with Crippen molar-refractivity contribution < 1.29 is 0 Å². The quantitative estimate of drug-likeness (QED) is 0.617. The van der Waals surface area contributed by atoms with Crippen molar-refractivity contribution >= 4 is 11.6 Å². The van der Waals surface area contributed by atoms with Crippen LogP contribution in [0.15, 0.2) is 54.9 Å². The second kappa shape index (κ2) is 6.13. The zero-order chi connectivity index (χ0) is 16.4. The Balaban J connectivity index is 2.06. The van der Waals surface area contributed by atoms with Gasteiger partial charge in [0.1, 0.15) is 0 Å². The van der Waals surface area contributed by atoms with Crippen LogP contribution in [0.25, 0.3) is 22.4 Å². The first-order valence-corrected chi connectivity index (χ1v) is 7.92. The molecule has 0 fully saturated rings. The van der Waals surface area contributed by atoms with Crippen molar-refractivity contribution in [3.8, 4) is 22.4 Å². The summed E-state index contributed by atoms with van der Waals surface area (Å²) in [6, 6.07) is 16.7. The maximum absolute atomic E-state index is 6.26. The van der Waals surface area contributed by atoms with Gasteiger partial charge in [-0.05, 0) is 47.5 Å². The van der Waals surface area contributed by atoms with Gasteiger partial charge < -0.3 is 0 Å². The van der Waals surface area contributed by atoms with Crippen molar-refractivity contribution in [3.63, 3.8) is 0 Å². The highest BCUT2D eigenvalue weighted by molar-refractivity contribution is 6.33. The summed E-state index contributed by atoms with van der Waals surface area (Å²) < 4.78 is 0. The molecule has 0 aliphatic rings. The monoisotopic (exact) mass is 321 g/mol. The van der Waals surface area contributed by atoms with Gasteiger partial charge in [-0.25, -0.2) is 0 Å². The molecule has 3 heteroatoms. The maximum atomic E-state index is 6.26. The molecule has 115 valence electrons. The molecule has 0 aliphatic carbocycles. The highest BCUT2D eigenvalue weighted by Crippen LogP contribution is 2.30. The average molecular weight is 322 g/mol. The lowest BCUT2D eigenvalue weighted by atomic mass is 9.90. The summed E-state index contributed by atoms with van der Waals surface area (Å²) in [7, 11) is 0. The molecule has 2 heterocycles. The van der Waals surface area contributed by atoms with Gasteiger partial charge in [0.15, 0.2) is 0 Å². The molecule has 3 rings (SSSR count). The minimum absolute atomic E-state index is 0.0183. The number of nitrogens with zero attached hydrogens (tertiary/aromatic N) is 2. The summed E-state index contributed by atoms with van der Waals surface area (Å²) in [5.74, 6) is 0. The van der Waals surface area contributed by atoms with E-state index in [1.165, 1.54) is 0 Å². The Morgan fingerprint density at radius 1 is 0.957 bits per heavy atom. The molecular weight excluding hydrogens is 304 g/mol. The lowest BCUT2D eigenvalue weighted by Crippen LogP contribution is -2.13. The minimum Gasteiger partial charge on any atom is -0.261 e. The van der Waals surface area contributed by atoms with Gasteiger partial charge in [0.25, 0.3) is 0 Å². The third-order valence-corrected chi connectivity index (χ3v) is 4.02. The van der Waals surface area contributed by atoms with Crippen molar-refractivity contribution in [3.05, 3.63) is 71.6 Å². The van der Waals surface area contributed by atoms with Gasteiger partial charge >= 0.3 is 0 Å². The molecular formula is C20H18ClN2. The third-order valence-electron chi connectivity index (χ3n) is 3.71. The molecule has 0 unspecified atom stereocenters. The molecule has 2 nitrogen and oxygen atoms in total. The second-order valence-corrected chi connectivity index (χ2v) is 6.92. The summed E-state index contributed by atoms with van der Waals surface area (Å²) in [4.78, 5) is 8.94. The molecule has 1 radical (unpaired) electrons. The summed E-state index contributed by atoms with van der Waals surface area (Å²) in [6.45, 7) is 6.49. The number of pyridine rings is 2. The van der Waals surface area contributed by atoms with Gasteiger partial charge in [-0.2, -0.15) is 0 Å². The SMILES string of the molecule is CC(C)(C)c1cc(-c2ccnc(-c3cc[c]cc3Cl)c2)ccn1. The van der Waals surface area contributed by atoms with E-state index >= 15 is 0 Å². The van der Waals surface area contributed by atoms with Gasteiger partial charge in [-0.3, -0.25) is 9.97 Å². The molecule has 0 N–H and O–H groups in total. The Hall–Kier alpha value is -2.19. The lowest BCUT2D eigenvalue weighted by Gasteiger charge is -2.18. The van der Waals surface area contributed by atoms with E-state index in [1.54, 1.807) is 6.07 Å². The first kappa shape index (κ1) is 15.7. The predicted molar refractivity (Wildman–Crippen MR) is 95.5 cm³/mol. The van der Waals surface area contributed by atoms with Gasteiger partial charge in [-0.1, -0.05) is 44.5 Å². The molecule has 2 aromatic heterocycles. The average Bonchev–Trinajstić information content (AvgIpc) is 2.55. The van der Waals surface area contributed by atoms with Crippen molar-refractivity contribution in [2.75, 3.05) is 0 Å². The Morgan fingerprint density at radius 2 is 1.65 bits per heavy atom. The molecule has 0 atom stereocenters. The standard InChI is InChI=1S/C20H18ClN2/c1-20(2,3)19-13-15(9-11-23-19)14-8-10-22-18(12-14)16-6-4-5-7-17(16)21/h4,6-13H,1-3H3. The van der Waals surface area contributed by atoms with Crippen LogP contribution in [0.1, 0.15) is 26.5 Å². The number of halogens is 1. The number of rotatable bonds is 2. The van der Waals surface area contributed by atoms with Crippen molar-refractivity contribution in [1.29, 1.82) is 0 Å². The number of hydrogen-bond acceptors (Lipinski definition) is 2. The van der Waals surface area contributed by atoms with Gasteiger partial charge in [-0.15, -0.1) is 0 Å². The topological polar surface area (TPSA) is 25.8 Å². The molecule has 23 heavy (non-hydrogen) atoms. The second-order valence-electron chi connectivity index (χ2n) is 6.52. The highest BCUT2D eigenvalue weighted by Gasteiger charge is 2.16. The molecule has 0 aliphatic heterocycles. The summed E-state index contributed by atoms with van der Waals surface area (Å²) in [5, 5.41) is 0.655. The van der Waals surface area contributed by atoms with E-state index in [1.807, 2.05) is 36.7 Å². The van der Waals surface area contributed by atoms with Crippen LogP contribution in [0.2, 0.25) is 5.02 Å². The minimum atomic E-state index is 0.0183. The maximum Gasteiger partial charge on any atom is 0.0723 e. The van der Waals surface area contributed by atoms with Crippen LogP contribution in [0.3, 0.4) is 0 Å². The van der Waals surface area contributed by atoms with E-state index in [2.05, 4.69) is 48.9 Å². The summed E-state index contributed by atoms with van der Waals surface area (Å²) in [5.41, 5.74) is 5.09. The highest BCUT2D eigenvalue weighted by atomic mass is 35.5. The lowest BCUT2D eigenvalue weighted by molar-refractivity contribution is 0.569. The first-order valence-electron chi connectivity index (χ1n) is 7.54. The summed E-state index contributed by atoms with van der Waals surface area (Å²) in [6.07, 6.45) is 3.68. The number of aromatic nitrogens is 2. The zero-order valence-electron chi connectivity index (χ0n) is 13.5. The van der Waals surface area contributed by atoms with E-state index in [-0.39, 0.29) is 5.41 Å². The molecule has 1 aromatic carbocycles. The Kier molecular flexibility index (Phi) is 4.18. The largest absolute Gasteiger partial charge is 0.261 e.